The normalized spacial score (nSPS) is 28.3. The highest BCUT2D eigenvalue weighted by Gasteiger charge is 2.21. The lowest BCUT2D eigenvalue weighted by atomic mass is 10.1. The van der Waals surface area contributed by atoms with Gasteiger partial charge in [0, 0.05) is 32.2 Å². The van der Waals surface area contributed by atoms with E-state index in [9.17, 15) is 0 Å². The van der Waals surface area contributed by atoms with Gasteiger partial charge >= 0.3 is 0 Å². The Bertz CT molecular complexity index is 197. The number of hydrogen-bond donors (Lipinski definition) is 0. The van der Waals surface area contributed by atoms with Gasteiger partial charge in [-0.15, -0.1) is 0 Å². The molecule has 1 fully saturated rings. The second kappa shape index (κ2) is 4.59. The first-order valence-corrected chi connectivity index (χ1v) is 4.95. The SMILES string of the molecule is CC(C#N)CN1CCN(C)C(C)C1. The van der Waals surface area contributed by atoms with Crippen molar-refractivity contribution in [3.8, 4) is 6.07 Å². The molecule has 1 saturated heterocycles. The third-order valence-electron chi connectivity index (χ3n) is 2.80. The molecule has 1 heterocycles. The number of rotatable bonds is 2. The zero-order valence-electron chi connectivity index (χ0n) is 8.82. The Balaban J connectivity index is 2.34. The molecular formula is C10H19N3. The number of nitriles is 1. The lowest BCUT2D eigenvalue weighted by Gasteiger charge is -2.38. The molecule has 2 unspecified atom stereocenters. The van der Waals surface area contributed by atoms with Gasteiger partial charge in [-0.25, -0.2) is 0 Å². The highest BCUT2D eigenvalue weighted by molar-refractivity contribution is 4.84. The van der Waals surface area contributed by atoms with Crippen molar-refractivity contribution in [3.63, 3.8) is 0 Å². The van der Waals surface area contributed by atoms with Crippen LogP contribution in [0.2, 0.25) is 0 Å². The molecule has 0 aromatic rings. The predicted molar refractivity (Wildman–Crippen MR) is 53.3 cm³/mol. The Labute approximate surface area is 80.9 Å². The molecule has 1 rings (SSSR count). The van der Waals surface area contributed by atoms with Crippen LogP contribution in [-0.2, 0) is 0 Å². The zero-order chi connectivity index (χ0) is 9.84. The molecule has 3 nitrogen and oxygen atoms in total. The van der Waals surface area contributed by atoms with Crippen LogP contribution in [0.15, 0.2) is 0 Å². The summed E-state index contributed by atoms with van der Waals surface area (Å²) in [6, 6.07) is 2.91. The van der Waals surface area contributed by atoms with E-state index in [1.54, 1.807) is 0 Å². The maximum Gasteiger partial charge on any atom is 0.0666 e. The van der Waals surface area contributed by atoms with Crippen molar-refractivity contribution in [2.24, 2.45) is 5.92 Å². The number of hydrogen-bond acceptors (Lipinski definition) is 3. The van der Waals surface area contributed by atoms with Crippen LogP contribution in [0.25, 0.3) is 0 Å². The van der Waals surface area contributed by atoms with Crippen LogP contribution >= 0.6 is 0 Å². The topological polar surface area (TPSA) is 30.3 Å². The van der Waals surface area contributed by atoms with Gasteiger partial charge in [0.1, 0.15) is 0 Å². The van der Waals surface area contributed by atoms with Crippen LogP contribution in [0.3, 0.4) is 0 Å². The summed E-state index contributed by atoms with van der Waals surface area (Å²) in [5.41, 5.74) is 0. The molecule has 13 heavy (non-hydrogen) atoms. The fourth-order valence-corrected chi connectivity index (χ4v) is 1.72. The first-order chi connectivity index (χ1) is 6.13. The first kappa shape index (κ1) is 10.5. The van der Waals surface area contributed by atoms with E-state index < -0.39 is 0 Å². The van der Waals surface area contributed by atoms with E-state index in [4.69, 9.17) is 5.26 Å². The Morgan fingerprint density at radius 2 is 2.23 bits per heavy atom. The summed E-state index contributed by atoms with van der Waals surface area (Å²) in [5.74, 6) is 0.163. The van der Waals surface area contributed by atoms with Crippen LogP contribution in [0, 0.1) is 17.2 Å². The highest BCUT2D eigenvalue weighted by atomic mass is 15.3. The van der Waals surface area contributed by atoms with Crippen molar-refractivity contribution in [1.29, 1.82) is 5.26 Å². The second-order valence-corrected chi connectivity index (χ2v) is 4.12. The molecular weight excluding hydrogens is 162 g/mol. The molecule has 3 heteroatoms. The van der Waals surface area contributed by atoms with Gasteiger partial charge in [-0.1, -0.05) is 0 Å². The Morgan fingerprint density at radius 1 is 1.54 bits per heavy atom. The maximum atomic E-state index is 8.70. The number of nitrogens with zero attached hydrogens (tertiary/aromatic N) is 3. The Kier molecular flexibility index (Phi) is 3.71. The standard InChI is InChI=1S/C10H19N3/c1-9(6-11)7-13-5-4-12(3)10(2)8-13/h9-10H,4-5,7-8H2,1-3H3. The summed E-state index contributed by atoms with van der Waals surface area (Å²) < 4.78 is 0. The molecule has 0 N–H and O–H groups in total. The highest BCUT2D eigenvalue weighted by Crippen LogP contribution is 2.08. The van der Waals surface area contributed by atoms with Gasteiger partial charge in [0.25, 0.3) is 0 Å². The average Bonchev–Trinajstić information content (AvgIpc) is 2.11. The predicted octanol–water partition coefficient (Wildman–Crippen LogP) is 0.782. The zero-order valence-corrected chi connectivity index (χ0v) is 8.82. The monoisotopic (exact) mass is 181 g/mol. The van der Waals surface area contributed by atoms with E-state index >= 15 is 0 Å². The summed E-state index contributed by atoms with van der Waals surface area (Å²) in [5, 5.41) is 8.70. The summed E-state index contributed by atoms with van der Waals surface area (Å²) in [4.78, 5) is 4.76. The Hall–Kier alpha value is -0.590. The fourth-order valence-electron chi connectivity index (χ4n) is 1.72. The van der Waals surface area contributed by atoms with E-state index in [2.05, 4.69) is 29.8 Å². The summed E-state index contributed by atoms with van der Waals surface area (Å²) in [7, 11) is 2.16. The molecule has 0 spiro atoms. The van der Waals surface area contributed by atoms with Crippen LogP contribution in [0.1, 0.15) is 13.8 Å². The second-order valence-electron chi connectivity index (χ2n) is 4.12. The van der Waals surface area contributed by atoms with Gasteiger partial charge in [0.05, 0.1) is 12.0 Å². The minimum atomic E-state index is 0.163. The minimum Gasteiger partial charge on any atom is -0.301 e. The van der Waals surface area contributed by atoms with Crippen LogP contribution in [0.5, 0.6) is 0 Å². The van der Waals surface area contributed by atoms with E-state index in [0.717, 1.165) is 26.2 Å². The van der Waals surface area contributed by atoms with E-state index in [1.807, 2.05) is 6.92 Å². The molecule has 74 valence electrons. The summed E-state index contributed by atoms with van der Waals surface area (Å²) in [6.07, 6.45) is 0. The van der Waals surface area contributed by atoms with Crippen molar-refractivity contribution < 1.29 is 0 Å². The largest absolute Gasteiger partial charge is 0.301 e. The first-order valence-electron chi connectivity index (χ1n) is 4.95. The molecule has 0 aliphatic carbocycles. The molecule has 0 saturated carbocycles. The fraction of sp³-hybridized carbons (Fsp3) is 0.900. The van der Waals surface area contributed by atoms with Gasteiger partial charge in [0.2, 0.25) is 0 Å². The van der Waals surface area contributed by atoms with Crippen LogP contribution < -0.4 is 0 Å². The molecule has 0 bridgehead atoms. The summed E-state index contributed by atoms with van der Waals surface area (Å²) >= 11 is 0. The van der Waals surface area contributed by atoms with Crippen molar-refractivity contribution >= 4 is 0 Å². The third kappa shape index (κ3) is 2.98. The molecule has 0 aromatic heterocycles. The molecule has 0 radical (unpaired) electrons. The van der Waals surface area contributed by atoms with Crippen molar-refractivity contribution in [2.75, 3.05) is 33.2 Å². The number of likely N-dealkylation sites (N-methyl/N-ethyl adjacent to an activating group) is 1. The minimum absolute atomic E-state index is 0.163. The van der Waals surface area contributed by atoms with Crippen molar-refractivity contribution in [1.82, 2.24) is 9.80 Å². The quantitative estimate of drug-likeness (QED) is 0.630. The molecule has 1 aliphatic rings. The van der Waals surface area contributed by atoms with Gasteiger partial charge in [-0.2, -0.15) is 5.26 Å². The van der Waals surface area contributed by atoms with Crippen molar-refractivity contribution in [2.45, 2.75) is 19.9 Å². The van der Waals surface area contributed by atoms with Gasteiger partial charge in [-0.3, -0.25) is 4.90 Å². The van der Waals surface area contributed by atoms with Crippen LogP contribution in [0.4, 0.5) is 0 Å². The van der Waals surface area contributed by atoms with Crippen molar-refractivity contribution in [3.05, 3.63) is 0 Å². The number of piperazine rings is 1. The molecule has 0 aromatic carbocycles. The third-order valence-corrected chi connectivity index (χ3v) is 2.80. The average molecular weight is 181 g/mol. The van der Waals surface area contributed by atoms with E-state index in [-0.39, 0.29) is 5.92 Å². The van der Waals surface area contributed by atoms with Gasteiger partial charge in [-0.05, 0) is 20.9 Å². The van der Waals surface area contributed by atoms with Gasteiger partial charge < -0.3 is 4.90 Å². The molecule has 2 atom stereocenters. The maximum absolute atomic E-state index is 8.70. The molecule has 0 amide bonds. The lowest BCUT2D eigenvalue weighted by molar-refractivity contribution is 0.0995. The van der Waals surface area contributed by atoms with Crippen LogP contribution in [-0.4, -0.2) is 49.1 Å². The van der Waals surface area contributed by atoms with E-state index in [0.29, 0.717) is 6.04 Å². The summed E-state index contributed by atoms with van der Waals surface area (Å²) in [6.45, 7) is 8.48. The lowest BCUT2D eigenvalue weighted by Crippen LogP contribution is -2.50. The Morgan fingerprint density at radius 3 is 2.77 bits per heavy atom. The molecule has 1 aliphatic heterocycles. The smallest absolute Gasteiger partial charge is 0.0666 e. The van der Waals surface area contributed by atoms with Gasteiger partial charge in [0.15, 0.2) is 0 Å². The van der Waals surface area contributed by atoms with E-state index in [1.165, 1.54) is 0 Å².